The van der Waals surface area contributed by atoms with Gasteiger partial charge in [-0.05, 0) is 40.2 Å². The van der Waals surface area contributed by atoms with Crippen LogP contribution in [0.25, 0.3) is 10.9 Å². The Bertz CT molecular complexity index is 723. The molecule has 1 heterocycles. The summed E-state index contributed by atoms with van der Waals surface area (Å²) in [4.78, 5) is 13.9. The van der Waals surface area contributed by atoms with Gasteiger partial charge in [-0.2, -0.15) is 0 Å². The van der Waals surface area contributed by atoms with Crippen molar-refractivity contribution in [1.82, 2.24) is 4.98 Å². The van der Waals surface area contributed by atoms with Gasteiger partial charge in [0.05, 0.1) is 9.37 Å². The predicted octanol–water partition coefficient (Wildman–Crippen LogP) is 2.22. The van der Waals surface area contributed by atoms with E-state index in [-0.39, 0.29) is 10.5 Å². The van der Waals surface area contributed by atoms with E-state index >= 15 is 0 Å². The van der Waals surface area contributed by atoms with E-state index in [0.29, 0.717) is 15.4 Å². The van der Waals surface area contributed by atoms with Crippen LogP contribution in [0.4, 0.5) is 0 Å². The molecule has 0 fully saturated rings. The third kappa shape index (κ3) is 2.14. The second-order valence-electron chi connectivity index (χ2n) is 3.13. The number of hydrogen-bond acceptors (Lipinski definition) is 3. The Morgan fingerprint density at radius 1 is 1.25 bits per heavy atom. The topological polar surface area (TPSA) is 67.0 Å². The average molecular weight is 323 g/mol. The third-order valence-corrected chi connectivity index (χ3v) is 3.99. The average Bonchev–Trinajstić information content (AvgIpc) is 2.17. The molecule has 4 nitrogen and oxygen atoms in total. The Labute approximate surface area is 104 Å². The summed E-state index contributed by atoms with van der Waals surface area (Å²) in [7, 11) is 1.47. The number of H-pyrrole nitrogens is 1. The van der Waals surface area contributed by atoms with E-state index in [4.69, 9.17) is 10.7 Å². The van der Waals surface area contributed by atoms with Crippen molar-refractivity contribution in [2.24, 2.45) is 0 Å². The number of benzene rings is 1. The number of pyridine rings is 1. The van der Waals surface area contributed by atoms with Crippen molar-refractivity contribution >= 4 is 46.6 Å². The summed E-state index contributed by atoms with van der Waals surface area (Å²) >= 11 is 3.07. The van der Waals surface area contributed by atoms with Gasteiger partial charge in [0.2, 0.25) is 0 Å². The zero-order chi connectivity index (χ0) is 11.9. The molecule has 0 unspecified atom stereocenters. The Morgan fingerprint density at radius 2 is 1.94 bits per heavy atom. The number of aromatic nitrogens is 1. The van der Waals surface area contributed by atoms with Crippen LogP contribution in [0.2, 0.25) is 0 Å². The number of rotatable bonds is 1. The molecular weight excluding hydrogens is 318 g/mol. The van der Waals surface area contributed by atoms with Crippen LogP contribution in [0.5, 0.6) is 0 Å². The summed E-state index contributed by atoms with van der Waals surface area (Å²) in [5.74, 6) is 0. The molecule has 1 aromatic carbocycles. The van der Waals surface area contributed by atoms with Crippen molar-refractivity contribution in [3.63, 3.8) is 0 Å². The standard InChI is InChI=1S/C9H5BrClNO3S/c10-7-4-5-3-6(16(11,14)15)1-2-8(5)12-9(7)13/h1-4H,(H,12,13). The molecule has 0 atom stereocenters. The third-order valence-electron chi connectivity index (χ3n) is 2.05. The minimum atomic E-state index is -3.75. The number of aromatic amines is 1. The van der Waals surface area contributed by atoms with E-state index < -0.39 is 9.05 Å². The van der Waals surface area contributed by atoms with E-state index in [1.54, 1.807) is 6.07 Å². The summed E-state index contributed by atoms with van der Waals surface area (Å²) < 4.78 is 22.6. The molecule has 1 aromatic heterocycles. The fourth-order valence-electron chi connectivity index (χ4n) is 1.31. The lowest BCUT2D eigenvalue weighted by Gasteiger charge is -2.01. The number of fused-ring (bicyclic) bond motifs is 1. The van der Waals surface area contributed by atoms with Gasteiger partial charge in [-0.25, -0.2) is 8.42 Å². The molecule has 0 aliphatic heterocycles. The highest BCUT2D eigenvalue weighted by molar-refractivity contribution is 9.10. The molecule has 0 radical (unpaired) electrons. The molecule has 0 amide bonds. The van der Waals surface area contributed by atoms with Crippen LogP contribution < -0.4 is 5.56 Å². The molecule has 2 aromatic rings. The van der Waals surface area contributed by atoms with Crippen molar-refractivity contribution in [1.29, 1.82) is 0 Å². The van der Waals surface area contributed by atoms with E-state index in [2.05, 4.69) is 20.9 Å². The Balaban J connectivity index is 2.82. The molecule has 0 saturated heterocycles. The van der Waals surface area contributed by atoms with Gasteiger partial charge >= 0.3 is 0 Å². The monoisotopic (exact) mass is 321 g/mol. The Hall–Kier alpha value is -0.850. The maximum atomic E-state index is 11.3. The maximum absolute atomic E-state index is 11.3. The molecule has 7 heteroatoms. The number of nitrogens with one attached hydrogen (secondary N) is 1. The normalized spacial score (nSPS) is 11.9. The van der Waals surface area contributed by atoms with E-state index in [0.717, 1.165) is 0 Å². The molecule has 0 spiro atoms. The summed E-state index contributed by atoms with van der Waals surface area (Å²) in [5, 5.41) is 0.591. The predicted molar refractivity (Wildman–Crippen MR) is 65.3 cm³/mol. The molecule has 0 aliphatic carbocycles. The van der Waals surface area contributed by atoms with Crippen molar-refractivity contribution in [3.05, 3.63) is 39.1 Å². The molecule has 2 rings (SSSR count). The van der Waals surface area contributed by atoms with Gasteiger partial charge in [0.1, 0.15) is 0 Å². The minimum absolute atomic E-state index is 0.000570. The van der Waals surface area contributed by atoms with Crippen LogP contribution in [0, 0.1) is 0 Å². The second-order valence-corrected chi connectivity index (χ2v) is 6.55. The van der Waals surface area contributed by atoms with Crippen molar-refractivity contribution in [2.75, 3.05) is 0 Å². The summed E-state index contributed by atoms with van der Waals surface area (Å²) in [6, 6.07) is 5.78. The van der Waals surface area contributed by atoms with Gasteiger partial charge < -0.3 is 4.98 Å². The first kappa shape index (κ1) is 11.6. The van der Waals surface area contributed by atoms with E-state index in [9.17, 15) is 13.2 Å². The first-order chi connectivity index (χ1) is 7.38. The van der Waals surface area contributed by atoms with Crippen molar-refractivity contribution in [2.45, 2.75) is 4.90 Å². The highest BCUT2D eigenvalue weighted by Gasteiger charge is 2.10. The molecule has 1 N–H and O–H groups in total. The highest BCUT2D eigenvalue weighted by Crippen LogP contribution is 2.21. The van der Waals surface area contributed by atoms with Crippen LogP contribution in [0.3, 0.4) is 0 Å². The molecule has 0 aliphatic rings. The SMILES string of the molecule is O=c1[nH]c2ccc(S(=O)(=O)Cl)cc2cc1Br. The number of hydrogen-bond donors (Lipinski definition) is 1. The molecule has 0 bridgehead atoms. The van der Waals surface area contributed by atoms with E-state index in [1.165, 1.54) is 18.2 Å². The molecular formula is C9H5BrClNO3S. The Morgan fingerprint density at radius 3 is 2.56 bits per heavy atom. The smallest absolute Gasteiger partial charge is 0.262 e. The largest absolute Gasteiger partial charge is 0.321 e. The van der Waals surface area contributed by atoms with Gasteiger partial charge in [-0.3, -0.25) is 4.79 Å². The van der Waals surface area contributed by atoms with Crippen molar-refractivity contribution < 1.29 is 8.42 Å². The van der Waals surface area contributed by atoms with Gasteiger partial charge in [0, 0.05) is 21.6 Å². The summed E-state index contributed by atoms with van der Waals surface area (Å²) in [5.41, 5.74) is 0.284. The van der Waals surface area contributed by atoms with E-state index in [1.807, 2.05) is 0 Å². The van der Waals surface area contributed by atoms with Crippen LogP contribution >= 0.6 is 26.6 Å². The first-order valence-corrected chi connectivity index (χ1v) is 7.25. The lowest BCUT2D eigenvalue weighted by Crippen LogP contribution is -2.05. The van der Waals surface area contributed by atoms with Gasteiger partial charge in [0.15, 0.2) is 0 Å². The van der Waals surface area contributed by atoms with Gasteiger partial charge in [-0.1, -0.05) is 0 Å². The van der Waals surface area contributed by atoms with Crippen LogP contribution in [0.15, 0.2) is 38.4 Å². The zero-order valence-corrected chi connectivity index (χ0v) is 10.9. The fourth-order valence-corrected chi connectivity index (χ4v) is 2.44. The van der Waals surface area contributed by atoms with Crippen molar-refractivity contribution in [3.8, 4) is 0 Å². The second kappa shape index (κ2) is 3.87. The molecule has 84 valence electrons. The van der Waals surface area contributed by atoms with Crippen LogP contribution in [-0.2, 0) is 9.05 Å². The molecule has 0 saturated carbocycles. The number of halogens is 2. The summed E-state index contributed by atoms with van der Waals surface area (Å²) in [6.45, 7) is 0. The maximum Gasteiger partial charge on any atom is 0.262 e. The lowest BCUT2D eigenvalue weighted by molar-refractivity contribution is 0.609. The lowest BCUT2D eigenvalue weighted by atomic mass is 10.2. The molecule has 16 heavy (non-hydrogen) atoms. The van der Waals surface area contributed by atoms with Crippen LogP contribution in [0.1, 0.15) is 0 Å². The van der Waals surface area contributed by atoms with Gasteiger partial charge in [0.25, 0.3) is 14.6 Å². The first-order valence-electron chi connectivity index (χ1n) is 4.15. The Kier molecular flexibility index (Phi) is 2.81. The fraction of sp³-hybridized carbons (Fsp3) is 0. The quantitative estimate of drug-likeness (QED) is 0.819. The minimum Gasteiger partial charge on any atom is -0.321 e. The van der Waals surface area contributed by atoms with Crippen LogP contribution in [-0.4, -0.2) is 13.4 Å². The summed E-state index contributed by atoms with van der Waals surface area (Å²) in [6.07, 6.45) is 0. The van der Waals surface area contributed by atoms with Gasteiger partial charge in [-0.15, -0.1) is 0 Å². The zero-order valence-electron chi connectivity index (χ0n) is 7.70. The highest BCUT2D eigenvalue weighted by atomic mass is 79.9.